The molecule has 0 aromatic carbocycles. The molecule has 0 unspecified atom stereocenters. The molecule has 1 rings (SSSR count). The lowest BCUT2D eigenvalue weighted by molar-refractivity contribution is 0.134. The summed E-state index contributed by atoms with van der Waals surface area (Å²) in [5.74, 6) is 0.743. The monoisotopic (exact) mass is 211 g/mol. The van der Waals surface area contributed by atoms with Crippen LogP contribution in [0.25, 0.3) is 0 Å². The van der Waals surface area contributed by atoms with E-state index < -0.39 is 0 Å². The van der Waals surface area contributed by atoms with E-state index in [0.29, 0.717) is 5.95 Å². The van der Waals surface area contributed by atoms with E-state index in [2.05, 4.69) is 27.2 Å². The van der Waals surface area contributed by atoms with E-state index >= 15 is 0 Å². The predicted octanol–water partition coefficient (Wildman–Crippen LogP) is 0.682. The Labute approximate surface area is 89.3 Å². The fourth-order valence-electron chi connectivity index (χ4n) is 1.01. The van der Waals surface area contributed by atoms with Crippen LogP contribution in [0.2, 0.25) is 0 Å². The Bertz CT molecular complexity index is 281. The number of nitrogens with one attached hydrogen (secondary N) is 1. The van der Waals surface area contributed by atoms with Crippen molar-refractivity contribution in [1.82, 2.24) is 15.0 Å². The molecule has 0 aliphatic carbocycles. The predicted molar refractivity (Wildman–Crippen MR) is 58.5 cm³/mol. The van der Waals surface area contributed by atoms with E-state index in [0.717, 1.165) is 32.6 Å². The van der Waals surface area contributed by atoms with Gasteiger partial charge < -0.3 is 15.8 Å². The molecule has 0 saturated carbocycles. The second-order valence-corrected chi connectivity index (χ2v) is 3.06. The summed E-state index contributed by atoms with van der Waals surface area (Å²) >= 11 is 0. The Morgan fingerprint density at radius 3 is 3.00 bits per heavy atom. The van der Waals surface area contributed by atoms with Crippen LogP contribution in [0.1, 0.15) is 19.8 Å². The van der Waals surface area contributed by atoms with Crippen molar-refractivity contribution in [2.45, 2.75) is 19.8 Å². The van der Waals surface area contributed by atoms with Gasteiger partial charge in [-0.25, -0.2) is 9.97 Å². The first-order valence-corrected chi connectivity index (χ1v) is 5.09. The Kier molecular flexibility index (Phi) is 5.39. The first-order valence-electron chi connectivity index (χ1n) is 5.09. The van der Waals surface area contributed by atoms with Gasteiger partial charge in [-0.15, -0.1) is 0 Å². The molecule has 15 heavy (non-hydrogen) atoms. The number of hydrogen-bond acceptors (Lipinski definition) is 6. The first-order chi connectivity index (χ1) is 7.33. The molecule has 1 aromatic heterocycles. The van der Waals surface area contributed by atoms with Crippen LogP contribution in [0.4, 0.5) is 11.9 Å². The number of nitrogens with zero attached hydrogens (tertiary/aromatic N) is 3. The molecule has 3 N–H and O–H groups in total. The molecule has 1 aromatic rings. The van der Waals surface area contributed by atoms with Gasteiger partial charge in [-0.05, 0) is 12.8 Å². The molecule has 0 radical (unpaired) electrons. The third-order valence-corrected chi connectivity index (χ3v) is 1.69. The molecule has 0 bridgehead atoms. The molecule has 0 aliphatic rings. The Hall–Kier alpha value is -1.43. The third-order valence-electron chi connectivity index (χ3n) is 1.69. The van der Waals surface area contributed by atoms with Gasteiger partial charge in [0, 0.05) is 19.8 Å². The second kappa shape index (κ2) is 6.94. The van der Waals surface area contributed by atoms with E-state index in [1.165, 1.54) is 6.33 Å². The highest BCUT2D eigenvalue weighted by molar-refractivity contribution is 5.28. The Balaban J connectivity index is 2.10. The molecule has 0 fully saturated rings. The van der Waals surface area contributed by atoms with Gasteiger partial charge in [0.1, 0.15) is 6.33 Å². The fourth-order valence-corrected chi connectivity index (χ4v) is 1.01. The average Bonchev–Trinajstić information content (AvgIpc) is 2.23. The molecular weight excluding hydrogens is 194 g/mol. The van der Waals surface area contributed by atoms with Gasteiger partial charge in [-0.1, -0.05) is 6.92 Å². The molecule has 6 heteroatoms. The number of anilines is 2. The van der Waals surface area contributed by atoms with Crippen molar-refractivity contribution in [1.29, 1.82) is 0 Å². The van der Waals surface area contributed by atoms with Crippen LogP contribution in [0.5, 0.6) is 0 Å². The second-order valence-electron chi connectivity index (χ2n) is 3.06. The topological polar surface area (TPSA) is 86.0 Å². The minimum atomic E-state index is 0.231. The van der Waals surface area contributed by atoms with Crippen molar-refractivity contribution in [2.24, 2.45) is 0 Å². The van der Waals surface area contributed by atoms with Crippen LogP contribution in [-0.2, 0) is 4.74 Å². The average molecular weight is 211 g/mol. The standard InChI is InChI=1S/C9H17N5O/c1-2-5-15-6-3-4-11-9-13-7-12-8(10)14-9/h7H,2-6H2,1H3,(H3,10,11,12,13,14). The molecular formula is C9H17N5O. The van der Waals surface area contributed by atoms with E-state index in [4.69, 9.17) is 10.5 Å². The minimum absolute atomic E-state index is 0.231. The lowest BCUT2D eigenvalue weighted by Crippen LogP contribution is -2.09. The maximum atomic E-state index is 5.40. The summed E-state index contributed by atoms with van der Waals surface area (Å²) in [7, 11) is 0. The van der Waals surface area contributed by atoms with E-state index in [1.807, 2.05) is 0 Å². The summed E-state index contributed by atoms with van der Waals surface area (Å²) in [6.45, 7) is 4.43. The molecule has 0 saturated heterocycles. The molecule has 1 heterocycles. The van der Waals surface area contributed by atoms with Crippen LogP contribution < -0.4 is 11.1 Å². The molecule has 0 aliphatic heterocycles. The summed E-state index contributed by atoms with van der Waals surface area (Å²) in [5, 5.41) is 3.04. The highest BCUT2D eigenvalue weighted by Gasteiger charge is 1.95. The molecule has 6 nitrogen and oxygen atoms in total. The zero-order valence-electron chi connectivity index (χ0n) is 8.94. The van der Waals surface area contributed by atoms with Crippen LogP contribution in [0.3, 0.4) is 0 Å². The van der Waals surface area contributed by atoms with E-state index in [-0.39, 0.29) is 5.95 Å². The summed E-state index contributed by atoms with van der Waals surface area (Å²) in [6, 6.07) is 0. The normalized spacial score (nSPS) is 10.2. The smallest absolute Gasteiger partial charge is 0.227 e. The van der Waals surface area contributed by atoms with Crippen LogP contribution >= 0.6 is 0 Å². The van der Waals surface area contributed by atoms with Gasteiger partial charge >= 0.3 is 0 Å². The number of nitrogen functional groups attached to an aromatic ring is 1. The highest BCUT2D eigenvalue weighted by Crippen LogP contribution is 1.97. The largest absolute Gasteiger partial charge is 0.381 e. The van der Waals surface area contributed by atoms with E-state index in [1.54, 1.807) is 0 Å². The number of ether oxygens (including phenoxy) is 1. The number of aromatic nitrogens is 3. The maximum Gasteiger partial charge on any atom is 0.227 e. The highest BCUT2D eigenvalue weighted by atomic mass is 16.5. The quantitative estimate of drug-likeness (QED) is 0.645. The van der Waals surface area contributed by atoms with Crippen molar-refractivity contribution in [3.63, 3.8) is 0 Å². The minimum Gasteiger partial charge on any atom is -0.381 e. The van der Waals surface area contributed by atoms with Gasteiger partial charge in [-0.2, -0.15) is 4.98 Å². The first kappa shape index (κ1) is 11.6. The summed E-state index contributed by atoms with van der Waals surface area (Å²) in [4.78, 5) is 11.5. The van der Waals surface area contributed by atoms with Crippen molar-refractivity contribution in [3.8, 4) is 0 Å². The van der Waals surface area contributed by atoms with Gasteiger partial charge in [-0.3, -0.25) is 0 Å². The number of hydrogen-bond donors (Lipinski definition) is 2. The van der Waals surface area contributed by atoms with Crippen LogP contribution in [0, 0.1) is 0 Å². The summed E-state index contributed by atoms with van der Waals surface area (Å²) < 4.78 is 5.33. The Morgan fingerprint density at radius 2 is 2.27 bits per heavy atom. The fraction of sp³-hybridized carbons (Fsp3) is 0.667. The molecule has 84 valence electrons. The van der Waals surface area contributed by atoms with Crippen LogP contribution in [-0.4, -0.2) is 34.7 Å². The van der Waals surface area contributed by atoms with Crippen molar-refractivity contribution in [2.75, 3.05) is 30.8 Å². The van der Waals surface area contributed by atoms with Crippen molar-refractivity contribution < 1.29 is 4.74 Å². The maximum absolute atomic E-state index is 5.40. The number of rotatable bonds is 7. The van der Waals surface area contributed by atoms with Gasteiger partial charge in [0.15, 0.2) is 0 Å². The lowest BCUT2D eigenvalue weighted by atomic mass is 10.4. The zero-order chi connectivity index (χ0) is 10.9. The van der Waals surface area contributed by atoms with Gasteiger partial charge in [0.05, 0.1) is 0 Å². The number of nitrogens with two attached hydrogens (primary N) is 1. The SMILES string of the molecule is CCCOCCCNc1ncnc(N)n1. The van der Waals surface area contributed by atoms with Crippen molar-refractivity contribution >= 4 is 11.9 Å². The third kappa shape index (κ3) is 5.11. The van der Waals surface area contributed by atoms with E-state index in [9.17, 15) is 0 Å². The van der Waals surface area contributed by atoms with Gasteiger partial charge in [0.25, 0.3) is 0 Å². The molecule has 0 amide bonds. The zero-order valence-corrected chi connectivity index (χ0v) is 8.94. The summed E-state index contributed by atoms with van der Waals surface area (Å²) in [6.07, 6.45) is 3.36. The molecule has 0 atom stereocenters. The van der Waals surface area contributed by atoms with Gasteiger partial charge in [0.2, 0.25) is 11.9 Å². The summed E-state index contributed by atoms with van der Waals surface area (Å²) in [5.41, 5.74) is 5.40. The molecule has 0 spiro atoms. The lowest BCUT2D eigenvalue weighted by Gasteiger charge is -2.04. The Morgan fingerprint density at radius 1 is 1.40 bits per heavy atom. The van der Waals surface area contributed by atoms with Crippen LogP contribution in [0.15, 0.2) is 6.33 Å². The van der Waals surface area contributed by atoms with Crippen molar-refractivity contribution in [3.05, 3.63) is 6.33 Å².